The number of rotatable bonds is 11. The Morgan fingerprint density at radius 1 is 0.307 bits per heavy atom. The largest absolute Gasteiger partial charge is 0.458 e. The molecule has 0 saturated carbocycles. The summed E-state index contributed by atoms with van der Waals surface area (Å²) in [4.78, 5) is 10.6. The highest BCUT2D eigenvalue weighted by atomic mass is 32.1. The van der Waals surface area contributed by atoms with E-state index in [0.717, 1.165) is 148 Å². The van der Waals surface area contributed by atoms with Crippen molar-refractivity contribution in [3.8, 4) is 34.5 Å². The number of nitrogens with one attached hydrogen (secondary N) is 1. The molecule has 0 radical (unpaired) electrons. The second kappa shape index (κ2) is 25.6. The Morgan fingerprint density at radius 3 is 1.10 bits per heavy atom. The van der Waals surface area contributed by atoms with Crippen molar-refractivity contribution in [2.45, 2.75) is 41.5 Å². The minimum atomic E-state index is -0.783. The van der Waals surface area contributed by atoms with Crippen LogP contribution in [0.1, 0.15) is 41.6 Å². The first-order valence-electron chi connectivity index (χ1n) is 41.7. The zero-order chi connectivity index (χ0) is 81.1. The Bertz CT molecular complexity index is 7110. The summed E-state index contributed by atoms with van der Waals surface area (Å²) >= 11 is 3.33. The van der Waals surface area contributed by atoms with Gasteiger partial charge in [-0.2, -0.15) is 0 Å². The van der Waals surface area contributed by atoms with Gasteiger partial charge in [-0.15, -0.1) is 22.7 Å². The number of ether oxygens (including phenoxy) is 3. The fraction of sp³-hybridized carbons (Fsp3) is 0.0600. The maximum Gasteiger partial charge on any atom is 0.268 e. The number of fused-ring (bicyclic) bond motifs is 16. The van der Waals surface area contributed by atoms with Crippen molar-refractivity contribution < 1.29 is 22.4 Å². The molecule has 8 heterocycles. The lowest BCUT2D eigenvalue weighted by atomic mass is 9.30. The molecular weight excluding hydrogens is 1430 g/mol. The maximum absolute atomic E-state index is 11.6. The monoisotopic (exact) mass is 1510 g/mol. The topological polar surface area (TPSA) is 55.9 Å². The van der Waals surface area contributed by atoms with Crippen molar-refractivity contribution in [1.29, 1.82) is 0 Å². The molecule has 9 nitrogen and oxygen atoms in total. The zero-order valence-corrected chi connectivity index (χ0v) is 64.7. The fourth-order valence-electron chi connectivity index (χ4n) is 19.0. The van der Waals surface area contributed by atoms with Crippen LogP contribution in [0.2, 0.25) is 0 Å². The smallest absolute Gasteiger partial charge is 0.268 e. The van der Waals surface area contributed by atoms with E-state index in [1.807, 2.05) is 209 Å². The third kappa shape index (κ3) is 10.1. The Labute approximate surface area is 680 Å². The Balaban J connectivity index is 0.854. The lowest BCUT2D eigenvalue weighted by Gasteiger charge is -2.45. The first-order valence-corrected chi connectivity index (χ1v) is 40.4. The van der Waals surface area contributed by atoms with E-state index in [4.69, 9.17) is 14.2 Å². The lowest BCUT2D eigenvalue weighted by molar-refractivity contribution is 0.488. The lowest BCUT2D eigenvalue weighted by Crippen LogP contribution is -2.64. The Kier molecular flexibility index (Phi) is 13.5. The summed E-state index contributed by atoms with van der Waals surface area (Å²) in [5, 5.41) is 5.84. The molecule has 23 rings (SSSR count). The normalized spacial score (nSPS) is 13.9. The Morgan fingerprint density at radius 2 is 0.658 bits per heavy atom. The van der Waals surface area contributed by atoms with Crippen molar-refractivity contribution in [2.75, 3.05) is 29.8 Å². The highest BCUT2D eigenvalue weighted by Gasteiger charge is 2.51. The van der Waals surface area contributed by atoms with Crippen LogP contribution in [-0.4, -0.2) is 20.1 Å². The minimum Gasteiger partial charge on any atom is -0.458 e. The number of aryl methyl sites for hydroxylation is 6. The first kappa shape index (κ1) is 60.4. The van der Waals surface area contributed by atoms with Crippen LogP contribution in [-0.2, 0) is 0 Å². The molecule has 17 aromatic rings. The highest BCUT2D eigenvalue weighted by molar-refractivity contribution is 7.34. The molecule has 15 aromatic carbocycles. The molecule has 0 unspecified atom stereocenters. The highest BCUT2D eigenvalue weighted by Crippen LogP contribution is 2.54. The van der Waals surface area contributed by atoms with E-state index in [2.05, 4.69) is 142 Å². The standard InChI is InChI=1S/C100H71B3N6O3S2/c1-59-45-61(3)95(62(4)46-59)108-82-57-80-76(102-92-81(104-80)49-71(105(65-29-13-7-14-30-65)66-31-15-8-16-32-66)52-87(92)111-97-74-41-25-27-43-90(74)113-99(97)102)55-77(82)101-79-56-78-83(58-86(79)110-88-53-72(50-84(108)93(88)101)106(67-33-17-9-18-34-67)68-35-19-10-20-36-68)109(96-63(5)47-60(2)48-64(96)6)85-51-73(107(69-37-21-11-22-38-69)70-39-23-12-24-40-70)54-89-94(85)103(78)100-98(112-89)75-42-26-28-44-91(75)114-100/h7-58,104H,1-6H3/i49D,50D,51D,52D,53D,54D. The molecule has 0 aliphatic carbocycles. The van der Waals surface area contributed by atoms with Crippen LogP contribution in [0.15, 0.2) is 315 Å². The number of para-hydroxylation sites is 6. The van der Waals surface area contributed by atoms with Crippen LogP contribution in [0.25, 0.3) is 20.2 Å². The second-order valence-electron chi connectivity index (χ2n) is 30.5. The van der Waals surface area contributed by atoms with Gasteiger partial charge in [-0.1, -0.05) is 181 Å². The number of hydrogen-bond donors (Lipinski definition) is 1. The summed E-state index contributed by atoms with van der Waals surface area (Å²) in [6.07, 6.45) is 0. The number of nitrogens with zero attached hydrogens (tertiary/aromatic N) is 5. The molecular formula is C100H71B3N6O3S2. The molecule has 0 atom stereocenters. The van der Waals surface area contributed by atoms with Gasteiger partial charge in [0.1, 0.15) is 34.5 Å². The van der Waals surface area contributed by atoms with Crippen LogP contribution in [0.4, 0.5) is 96.7 Å². The van der Waals surface area contributed by atoms with E-state index >= 15 is 0 Å². The molecule has 14 heteroatoms. The summed E-state index contributed by atoms with van der Waals surface area (Å²) in [5.74, 6) is 2.79. The third-order valence-electron chi connectivity index (χ3n) is 23.4. The van der Waals surface area contributed by atoms with E-state index in [1.54, 1.807) is 22.7 Å². The summed E-state index contributed by atoms with van der Waals surface area (Å²) < 4.78 is 93.7. The van der Waals surface area contributed by atoms with Gasteiger partial charge in [0, 0.05) is 122 Å². The van der Waals surface area contributed by atoms with Crippen molar-refractivity contribution in [3.05, 3.63) is 349 Å². The molecule has 0 bridgehead atoms. The van der Waals surface area contributed by atoms with Crippen LogP contribution in [0.3, 0.4) is 0 Å². The van der Waals surface area contributed by atoms with Crippen molar-refractivity contribution in [1.82, 2.24) is 0 Å². The van der Waals surface area contributed by atoms with Crippen molar-refractivity contribution in [3.63, 3.8) is 0 Å². The summed E-state index contributed by atoms with van der Waals surface area (Å²) in [5.41, 5.74) is 22.7. The minimum absolute atomic E-state index is 0.0133. The number of hydrogen-bond acceptors (Lipinski definition) is 11. The molecule has 540 valence electrons. The summed E-state index contributed by atoms with van der Waals surface area (Å²) in [6, 6.07) is 95.0. The van der Waals surface area contributed by atoms with Gasteiger partial charge in [0.15, 0.2) is 0 Å². The van der Waals surface area contributed by atoms with Gasteiger partial charge >= 0.3 is 0 Å². The van der Waals surface area contributed by atoms with Crippen molar-refractivity contribution in [2.24, 2.45) is 0 Å². The van der Waals surface area contributed by atoms with Crippen molar-refractivity contribution >= 4 is 207 Å². The van der Waals surface area contributed by atoms with E-state index < -0.39 is 20.1 Å². The summed E-state index contributed by atoms with van der Waals surface area (Å²) in [7, 11) is 0. The van der Waals surface area contributed by atoms with Gasteiger partial charge in [-0.3, -0.25) is 0 Å². The summed E-state index contributed by atoms with van der Waals surface area (Å²) in [6.45, 7) is 10.8. The van der Waals surface area contributed by atoms with Gasteiger partial charge < -0.3 is 44.0 Å². The second-order valence-corrected chi connectivity index (χ2v) is 32.7. The predicted octanol–water partition coefficient (Wildman–Crippen LogP) is 21.9. The van der Waals surface area contributed by atoms with Gasteiger partial charge in [0.05, 0.1) is 36.7 Å². The SMILES string of the molecule is [2H]c1c2c3c(c([2H])c1N(c1ccccc1)c1ccccc1)Oc1c(sc4ccccc14)B3c1cc3c(cc1N2)N(c1c(C)cc(C)cc1C)c1c([2H])c(N(c2ccccc2)c2ccccc2)c([2H])c2c1B3c1cc3c(cc1O2)N(c1c(C)cc(C)cc1C)c1c([2H])c(N(c2ccccc2)c2ccccc2)c([2H])c2c1B3c1sc3ccccc3c1O2. The molecule has 0 fully saturated rings. The molecule has 6 aliphatic rings. The molecule has 1 N–H and O–H groups in total. The fourth-order valence-corrected chi connectivity index (χ4v) is 21.5. The molecule has 2 aromatic heterocycles. The molecule has 114 heavy (non-hydrogen) atoms. The molecule has 0 amide bonds. The van der Waals surface area contributed by atoms with Crippen LogP contribution >= 0.6 is 22.7 Å². The quantitative estimate of drug-likeness (QED) is 0.128. The van der Waals surface area contributed by atoms with E-state index in [9.17, 15) is 8.22 Å². The number of thiophene rings is 2. The average molecular weight is 1510 g/mol. The Hall–Kier alpha value is -13.4. The average Bonchev–Trinajstić information content (AvgIpc) is 1.07. The van der Waals surface area contributed by atoms with E-state index in [0.29, 0.717) is 79.3 Å². The van der Waals surface area contributed by atoms with Crippen LogP contribution < -0.4 is 91.8 Å². The maximum atomic E-state index is 11.6. The third-order valence-corrected chi connectivity index (χ3v) is 25.8. The first-order chi connectivity index (χ1) is 58.6. The molecule has 0 saturated heterocycles. The van der Waals surface area contributed by atoms with Gasteiger partial charge in [-0.05, 0) is 223 Å². The van der Waals surface area contributed by atoms with E-state index in [-0.39, 0.29) is 42.0 Å². The van der Waals surface area contributed by atoms with Gasteiger partial charge in [0.25, 0.3) is 20.1 Å². The zero-order valence-electron chi connectivity index (χ0n) is 69.1. The van der Waals surface area contributed by atoms with E-state index in [1.165, 1.54) is 0 Å². The predicted molar refractivity (Wildman–Crippen MR) is 482 cm³/mol. The number of anilines is 17. The number of benzene rings is 15. The van der Waals surface area contributed by atoms with Gasteiger partial charge in [0.2, 0.25) is 0 Å². The van der Waals surface area contributed by atoms with Gasteiger partial charge in [-0.25, -0.2) is 0 Å². The molecule has 6 aliphatic heterocycles. The molecule has 0 spiro atoms. The van der Waals surface area contributed by atoms with Crippen LogP contribution in [0.5, 0.6) is 34.5 Å². The van der Waals surface area contributed by atoms with Crippen LogP contribution in [0, 0.1) is 41.5 Å².